The Morgan fingerprint density at radius 1 is 1.00 bits per heavy atom. The lowest BCUT2D eigenvalue weighted by Gasteiger charge is -2.33. The van der Waals surface area contributed by atoms with E-state index in [4.69, 9.17) is 11.6 Å². The van der Waals surface area contributed by atoms with Gasteiger partial charge in [-0.25, -0.2) is 0 Å². The zero-order valence-electron chi connectivity index (χ0n) is 18.5. The number of rotatable bonds is 4. The number of nitrogens with one attached hydrogen (secondary N) is 2. The van der Waals surface area contributed by atoms with Gasteiger partial charge in [0, 0.05) is 21.2 Å². The number of carbonyl (C=O) groups is 2. The van der Waals surface area contributed by atoms with E-state index in [1.807, 2.05) is 30.3 Å². The Bertz CT molecular complexity index is 1150. The number of amides is 2. The SMILES string of the molecule is CC(C)(C)C1CCc2c(sc(NC(=O)c3cccc(Cl)c3)c2C(=O)Nc2ccccc2)C1. The molecule has 4 nitrogen and oxygen atoms in total. The number of carbonyl (C=O) groups excluding carboxylic acids is 2. The smallest absolute Gasteiger partial charge is 0.258 e. The van der Waals surface area contributed by atoms with Crippen LogP contribution in [0.3, 0.4) is 0 Å². The van der Waals surface area contributed by atoms with Crippen LogP contribution in [0.15, 0.2) is 54.6 Å². The molecular formula is C26H27ClN2O2S. The van der Waals surface area contributed by atoms with Crippen LogP contribution in [-0.2, 0) is 12.8 Å². The average Bonchev–Trinajstić information content (AvgIpc) is 3.11. The van der Waals surface area contributed by atoms with E-state index in [2.05, 4.69) is 31.4 Å². The van der Waals surface area contributed by atoms with Crippen molar-refractivity contribution in [3.05, 3.63) is 81.2 Å². The minimum Gasteiger partial charge on any atom is -0.322 e. The molecule has 1 atom stereocenters. The van der Waals surface area contributed by atoms with Gasteiger partial charge in [-0.2, -0.15) is 0 Å². The van der Waals surface area contributed by atoms with Crippen molar-refractivity contribution >= 4 is 45.4 Å². The van der Waals surface area contributed by atoms with Gasteiger partial charge in [-0.3, -0.25) is 9.59 Å². The third-order valence-electron chi connectivity index (χ3n) is 6.06. The number of hydrogen-bond donors (Lipinski definition) is 2. The molecule has 32 heavy (non-hydrogen) atoms. The predicted molar refractivity (Wildman–Crippen MR) is 133 cm³/mol. The molecule has 0 spiro atoms. The molecule has 2 amide bonds. The molecule has 1 aromatic heterocycles. The zero-order valence-corrected chi connectivity index (χ0v) is 20.1. The molecule has 0 aliphatic heterocycles. The maximum Gasteiger partial charge on any atom is 0.258 e. The first kappa shape index (κ1) is 22.6. The first-order chi connectivity index (χ1) is 15.2. The first-order valence-corrected chi connectivity index (χ1v) is 12.0. The van der Waals surface area contributed by atoms with Gasteiger partial charge in [0.2, 0.25) is 0 Å². The highest BCUT2D eigenvalue weighted by Crippen LogP contribution is 2.44. The minimum atomic E-state index is -0.271. The second kappa shape index (κ2) is 9.08. The van der Waals surface area contributed by atoms with E-state index in [0.29, 0.717) is 27.1 Å². The Kier molecular flexibility index (Phi) is 6.40. The lowest BCUT2D eigenvalue weighted by molar-refractivity contribution is 0.102. The van der Waals surface area contributed by atoms with Gasteiger partial charge in [-0.05, 0) is 66.5 Å². The Morgan fingerprint density at radius 3 is 2.44 bits per heavy atom. The molecule has 0 saturated heterocycles. The summed E-state index contributed by atoms with van der Waals surface area (Å²) in [4.78, 5) is 27.5. The second-order valence-corrected chi connectivity index (χ2v) is 10.8. The highest BCUT2D eigenvalue weighted by molar-refractivity contribution is 7.17. The molecule has 1 aliphatic rings. The molecule has 166 valence electrons. The van der Waals surface area contributed by atoms with E-state index in [9.17, 15) is 9.59 Å². The van der Waals surface area contributed by atoms with E-state index < -0.39 is 0 Å². The Balaban J connectivity index is 1.69. The van der Waals surface area contributed by atoms with Gasteiger partial charge >= 0.3 is 0 Å². The summed E-state index contributed by atoms with van der Waals surface area (Å²) in [6.45, 7) is 6.80. The number of halogens is 1. The highest BCUT2D eigenvalue weighted by atomic mass is 35.5. The van der Waals surface area contributed by atoms with Crippen molar-refractivity contribution in [2.24, 2.45) is 11.3 Å². The van der Waals surface area contributed by atoms with Crippen molar-refractivity contribution in [3.63, 3.8) is 0 Å². The van der Waals surface area contributed by atoms with E-state index in [-0.39, 0.29) is 17.2 Å². The monoisotopic (exact) mass is 466 g/mol. The Labute approximate surface area is 198 Å². The van der Waals surface area contributed by atoms with E-state index in [1.54, 1.807) is 24.3 Å². The molecule has 3 aromatic rings. The fourth-order valence-corrected chi connectivity index (χ4v) is 5.68. The van der Waals surface area contributed by atoms with Gasteiger partial charge in [-0.1, -0.05) is 56.6 Å². The quantitative estimate of drug-likeness (QED) is 0.432. The molecule has 0 fully saturated rings. The zero-order chi connectivity index (χ0) is 22.9. The molecule has 0 bridgehead atoms. The summed E-state index contributed by atoms with van der Waals surface area (Å²) >= 11 is 7.59. The third kappa shape index (κ3) is 4.89. The fraction of sp³-hybridized carbons (Fsp3) is 0.308. The number of hydrogen-bond acceptors (Lipinski definition) is 3. The summed E-state index contributed by atoms with van der Waals surface area (Å²) in [7, 11) is 0. The van der Waals surface area contributed by atoms with Crippen molar-refractivity contribution < 1.29 is 9.59 Å². The number of benzene rings is 2. The van der Waals surface area contributed by atoms with Crippen molar-refractivity contribution in [3.8, 4) is 0 Å². The lowest BCUT2D eigenvalue weighted by Crippen LogP contribution is -2.27. The van der Waals surface area contributed by atoms with Gasteiger partial charge in [0.1, 0.15) is 5.00 Å². The molecule has 2 N–H and O–H groups in total. The number of para-hydroxylation sites is 1. The predicted octanol–water partition coefficient (Wildman–Crippen LogP) is 7.06. The lowest BCUT2D eigenvalue weighted by atomic mass is 9.72. The Morgan fingerprint density at radius 2 is 1.75 bits per heavy atom. The molecule has 0 radical (unpaired) electrons. The number of fused-ring (bicyclic) bond motifs is 1. The normalized spacial score (nSPS) is 15.7. The van der Waals surface area contributed by atoms with Crippen LogP contribution in [0.5, 0.6) is 0 Å². The molecule has 1 aliphatic carbocycles. The largest absolute Gasteiger partial charge is 0.322 e. The fourth-order valence-electron chi connectivity index (χ4n) is 4.17. The summed E-state index contributed by atoms with van der Waals surface area (Å²) < 4.78 is 0. The van der Waals surface area contributed by atoms with Crippen LogP contribution >= 0.6 is 22.9 Å². The van der Waals surface area contributed by atoms with Gasteiger partial charge in [-0.15, -0.1) is 11.3 Å². The maximum absolute atomic E-state index is 13.3. The van der Waals surface area contributed by atoms with Crippen LogP contribution < -0.4 is 10.6 Å². The van der Waals surface area contributed by atoms with Crippen molar-refractivity contribution in [2.45, 2.75) is 40.0 Å². The van der Waals surface area contributed by atoms with Crippen LogP contribution in [0.25, 0.3) is 0 Å². The van der Waals surface area contributed by atoms with E-state index >= 15 is 0 Å². The molecular weight excluding hydrogens is 440 g/mol. The van der Waals surface area contributed by atoms with Gasteiger partial charge in [0.05, 0.1) is 5.56 Å². The summed E-state index contributed by atoms with van der Waals surface area (Å²) in [6.07, 6.45) is 2.78. The van der Waals surface area contributed by atoms with Crippen LogP contribution in [0, 0.1) is 11.3 Å². The van der Waals surface area contributed by atoms with Crippen LogP contribution in [-0.4, -0.2) is 11.8 Å². The van der Waals surface area contributed by atoms with Crippen LogP contribution in [0.2, 0.25) is 5.02 Å². The number of anilines is 2. The first-order valence-electron chi connectivity index (χ1n) is 10.8. The van der Waals surface area contributed by atoms with E-state index in [0.717, 1.165) is 30.5 Å². The minimum absolute atomic E-state index is 0.190. The highest BCUT2D eigenvalue weighted by Gasteiger charge is 2.34. The van der Waals surface area contributed by atoms with Crippen LogP contribution in [0.4, 0.5) is 10.7 Å². The molecule has 6 heteroatoms. The molecule has 2 aromatic carbocycles. The summed E-state index contributed by atoms with van der Waals surface area (Å²) in [5, 5.41) is 7.08. The van der Waals surface area contributed by atoms with Gasteiger partial charge < -0.3 is 10.6 Å². The third-order valence-corrected chi connectivity index (χ3v) is 7.47. The van der Waals surface area contributed by atoms with Crippen molar-refractivity contribution in [1.29, 1.82) is 0 Å². The van der Waals surface area contributed by atoms with Crippen molar-refractivity contribution in [1.82, 2.24) is 0 Å². The summed E-state index contributed by atoms with van der Waals surface area (Å²) in [5.74, 6) is 0.0756. The number of thiophene rings is 1. The molecule has 1 unspecified atom stereocenters. The van der Waals surface area contributed by atoms with Gasteiger partial charge in [0.15, 0.2) is 0 Å². The standard InChI is InChI=1S/C26H27ClN2O2S/c1-26(2,3)17-12-13-20-21(15-17)32-25(29-23(30)16-8-7-9-18(27)14-16)22(20)24(31)28-19-10-5-4-6-11-19/h4-11,14,17H,12-13,15H2,1-3H3,(H,28,31)(H,29,30). The Hall–Kier alpha value is -2.63. The summed E-state index contributed by atoms with van der Waals surface area (Å²) in [6, 6.07) is 16.2. The van der Waals surface area contributed by atoms with Gasteiger partial charge in [0.25, 0.3) is 11.8 Å². The molecule has 0 saturated carbocycles. The van der Waals surface area contributed by atoms with E-state index in [1.165, 1.54) is 16.2 Å². The molecule has 1 heterocycles. The van der Waals surface area contributed by atoms with Crippen molar-refractivity contribution in [2.75, 3.05) is 10.6 Å². The second-order valence-electron chi connectivity index (χ2n) is 9.30. The average molecular weight is 467 g/mol. The maximum atomic E-state index is 13.3. The topological polar surface area (TPSA) is 58.2 Å². The van der Waals surface area contributed by atoms with Crippen LogP contribution in [0.1, 0.15) is 58.3 Å². The summed E-state index contributed by atoms with van der Waals surface area (Å²) in [5.41, 5.74) is 3.03. The molecule has 4 rings (SSSR count).